The lowest BCUT2D eigenvalue weighted by molar-refractivity contribution is -0.132. The van der Waals surface area contributed by atoms with Crippen molar-refractivity contribution in [2.75, 3.05) is 6.54 Å². The summed E-state index contributed by atoms with van der Waals surface area (Å²) in [6.45, 7) is 4.17. The van der Waals surface area contributed by atoms with Gasteiger partial charge in [-0.25, -0.2) is 0 Å². The molecular weight excluding hydrogens is 210 g/mol. The third-order valence-electron chi connectivity index (χ3n) is 4.35. The summed E-state index contributed by atoms with van der Waals surface area (Å²) in [7, 11) is 0. The summed E-state index contributed by atoms with van der Waals surface area (Å²) in [5.41, 5.74) is 2.77. The van der Waals surface area contributed by atoms with Crippen molar-refractivity contribution in [3.8, 4) is 0 Å². The highest BCUT2D eigenvalue weighted by Crippen LogP contribution is 2.33. The Hall–Kier alpha value is -1.15. The Morgan fingerprint density at radius 2 is 2.12 bits per heavy atom. The Morgan fingerprint density at radius 1 is 1.29 bits per heavy atom. The molecule has 1 aromatic carbocycles. The van der Waals surface area contributed by atoms with Crippen LogP contribution in [0.15, 0.2) is 24.3 Å². The number of ketones is 1. The first-order valence-corrected chi connectivity index (χ1v) is 6.55. The molecule has 2 nitrogen and oxygen atoms in total. The number of fused-ring (bicyclic) bond motifs is 3. The van der Waals surface area contributed by atoms with Crippen LogP contribution in [0.4, 0.5) is 0 Å². The molecule has 3 aliphatic rings. The van der Waals surface area contributed by atoms with E-state index in [9.17, 15) is 4.79 Å². The molecule has 1 aliphatic carbocycles. The highest BCUT2D eigenvalue weighted by molar-refractivity contribution is 5.83. The Labute approximate surface area is 103 Å². The molecule has 0 spiro atoms. The van der Waals surface area contributed by atoms with Crippen LogP contribution in [-0.4, -0.2) is 23.3 Å². The van der Waals surface area contributed by atoms with E-state index >= 15 is 0 Å². The van der Waals surface area contributed by atoms with E-state index in [4.69, 9.17) is 0 Å². The topological polar surface area (TPSA) is 20.3 Å². The quantitative estimate of drug-likeness (QED) is 0.776. The first-order chi connectivity index (χ1) is 8.24. The summed E-state index contributed by atoms with van der Waals surface area (Å²) in [5.74, 6) is 0.825. The molecule has 1 saturated carbocycles. The van der Waals surface area contributed by atoms with E-state index in [-0.39, 0.29) is 0 Å². The van der Waals surface area contributed by atoms with E-state index in [0.717, 1.165) is 25.9 Å². The van der Waals surface area contributed by atoms with Crippen LogP contribution in [0.1, 0.15) is 30.4 Å². The fourth-order valence-electron chi connectivity index (χ4n) is 3.19. The van der Waals surface area contributed by atoms with Crippen molar-refractivity contribution in [1.82, 2.24) is 4.90 Å². The molecule has 3 fully saturated rings. The number of benzene rings is 1. The van der Waals surface area contributed by atoms with Crippen LogP contribution in [0, 0.1) is 12.8 Å². The van der Waals surface area contributed by atoms with Crippen LogP contribution in [0.25, 0.3) is 0 Å². The second-order valence-corrected chi connectivity index (χ2v) is 5.45. The average molecular weight is 229 g/mol. The van der Waals surface area contributed by atoms with E-state index < -0.39 is 0 Å². The second kappa shape index (κ2) is 4.26. The number of hydrogen-bond donors (Lipinski definition) is 0. The number of piperidine rings is 2. The highest BCUT2D eigenvalue weighted by Gasteiger charge is 2.39. The molecule has 0 aromatic heterocycles. The lowest BCUT2D eigenvalue weighted by Gasteiger charge is -2.44. The average Bonchev–Trinajstić information content (AvgIpc) is 2.34. The van der Waals surface area contributed by atoms with Gasteiger partial charge in [-0.05, 0) is 30.9 Å². The van der Waals surface area contributed by atoms with E-state index in [1.165, 1.54) is 17.5 Å². The highest BCUT2D eigenvalue weighted by atomic mass is 16.1. The lowest BCUT2D eigenvalue weighted by Crippen LogP contribution is -2.51. The number of nitrogens with zero attached hydrogens (tertiary/aromatic N) is 1. The SMILES string of the molecule is Cc1ccccc1CN1CC2CCC1CC2=O. The Balaban J connectivity index is 1.75. The molecule has 4 rings (SSSR count). The van der Waals surface area contributed by atoms with E-state index in [0.29, 0.717) is 17.7 Å². The summed E-state index contributed by atoms with van der Waals surface area (Å²) in [6, 6.07) is 9.08. The summed E-state index contributed by atoms with van der Waals surface area (Å²) in [4.78, 5) is 14.2. The van der Waals surface area contributed by atoms with Gasteiger partial charge in [0.1, 0.15) is 5.78 Å². The van der Waals surface area contributed by atoms with Crippen molar-refractivity contribution >= 4 is 5.78 Å². The van der Waals surface area contributed by atoms with Gasteiger partial charge in [0.2, 0.25) is 0 Å². The summed E-state index contributed by atoms with van der Waals surface area (Å²) in [6.07, 6.45) is 3.12. The number of hydrogen-bond acceptors (Lipinski definition) is 2. The molecule has 2 unspecified atom stereocenters. The fourth-order valence-corrected chi connectivity index (χ4v) is 3.19. The molecular formula is C15H19NO. The molecule has 2 aliphatic heterocycles. The number of aryl methyl sites for hydroxylation is 1. The van der Waals surface area contributed by atoms with Gasteiger partial charge in [0, 0.05) is 31.5 Å². The molecule has 2 atom stereocenters. The maximum absolute atomic E-state index is 11.7. The Bertz CT molecular complexity index is 440. The number of carbonyl (C=O) groups excluding carboxylic acids is 1. The third-order valence-corrected chi connectivity index (χ3v) is 4.35. The van der Waals surface area contributed by atoms with Crippen molar-refractivity contribution in [1.29, 1.82) is 0 Å². The molecule has 2 bridgehead atoms. The molecule has 2 heteroatoms. The van der Waals surface area contributed by atoms with Gasteiger partial charge in [0.25, 0.3) is 0 Å². The van der Waals surface area contributed by atoms with Crippen LogP contribution in [0.3, 0.4) is 0 Å². The van der Waals surface area contributed by atoms with Crippen molar-refractivity contribution in [3.05, 3.63) is 35.4 Å². The third kappa shape index (κ3) is 2.02. The predicted octanol–water partition coefficient (Wildman–Crippen LogP) is 2.55. The summed E-state index contributed by atoms with van der Waals surface area (Å²) >= 11 is 0. The van der Waals surface area contributed by atoms with Crippen LogP contribution in [0.2, 0.25) is 0 Å². The van der Waals surface area contributed by atoms with Gasteiger partial charge in [0.05, 0.1) is 0 Å². The van der Waals surface area contributed by atoms with Crippen LogP contribution >= 0.6 is 0 Å². The Kier molecular flexibility index (Phi) is 2.75. The predicted molar refractivity (Wildman–Crippen MR) is 67.7 cm³/mol. The monoisotopic (exact) mass is 229 g/mol. The lowest BCUT2D eigenvalue weighted by atomic mass is 9.78. The Morgan fingerprint density at radius 3 is 2.76 bits per heavy atom. The summed E-state index contributed by atoms with van der Waals surface area (Å²) < 4.78 is 0. The molecule has 2 heterocycles. The van der Waals surface area contributed by atoms with Crippen molar-refractivity contribution < 1.29 is 4.79 Å². The molecule has 0 amide bonds. The van der Waals surface area contributed by atoms with E-state index in [1.54, 1.807) is 0 Å². The maximum Gasteiger partial charge on any atom is 0.138 e. The molecule has 0 N–H and O–H groups in total. The van der Waals surface area contributed by atoms with Gasteiger partial charge < -0.3 is 0 Å². The first kappa shape index (κ1) is 11.0. The number of rotatable bonds is 2. The number of Topliss-reactive ketones (excluding diaryl/α,β-unsaturated/α-hetero) is 1. The van der Waals surface area contributed by atoms with Gasteiger partial charge >= 0.3 is 0 Å². The zero-order chi connectivity index (χ0) is 11.8. The van der Waals surface area contributed by atoms with Crippen LogP contribution < -0.4 is 0 Å². The minimum atomic E-state index is 0.323. The van der Waals surface area contributed by atoms with Gasteiger partial charge in [-0.1, -0.05) is 24.3 Å². The van der Waals surface area contributed by atoms with E-state index in [1.807, 2.05) is 0 Å². The van der Waals surface area contributed by atoms with Crippen molar-refractivity contribution in [2.45, 2.75) is 38.8 Å². The second-order valence-electron chi connectivity index (χ2n) is 5.45. The molecule has 17 heavy (non-hydrogen) atoms. The largest absolute Gasteiger partial charge is 0.299 e. The standard InChI is InChI=1S/C15H19NO/c1-11-4-2-3-5-12(11)9-16-10-13-6-7-14(16)8-15(13)17/h2-5,13-14H,6-10H2,1H3. The fraction of sp³-hybridized carbons (Fsp3) is 0.533. The molecule has 0 radical (unpaired) electrons. The summed E-state index contributed by atoms with van der Waals surface area (Å²) in [5, 5.41) is 0. The molecule has 2 saturated heterocycles. The zero-order valence-electron chi connectivity index (χ0n) is 10.4. The van der Waals surface area contributed by atoms with Gasteiger partial charge in [-0.15, -0.1) is 0 Å². The molecule has 1 aromatic rings. The smallest absolute Gasteiger partial charge is 0.138 e. The van der Waals surface area contributed by atoms with Crippen LogP contribution in [-0.2, 0) is 11.3 Å². The van der Waals surface area contributed by atoms with Gasteiger partial charge in [-0.3, -0.25) is 9.69 Å². The van der Waals surface area contributed by atoms with Crippen LogP contribution in [0.5, 0.6) is 0 Å². The normalized spacial score (nSPS) is 28.6. The van der Waals surface area contributed by atoms with Crippen molar-refractivity contribution in [3.63, 3.8) is 0 Å². The van der Waals surface area contributed by atoms with E-state index in [2.05, 4.69) is 36.1 Å². The molecule has 90 valence electrons. The number of carbonyl (C=O) groups is 1. The van der Waals surface area contributed by atoms with Crippen molar-refractivity contribution in [2.24, 2.45) is 5.92 Å². The first-order valence-electron chi connectivity index (χ1n) is 6.55. The van der Waals surface area contributed by atoms with Gasteiger partial charge in [-0.2, -0.15) is 0 Å². The maximum atomic E-state index is 11.7. The zero-order valence-corrected chi connectivity index (χ0v) is 10.4. The minimum absolute atomic E-state index is 0.323. The minimum Gasteiger partial charge on any atom is -0.299 e. The van der Waals surface area contributed by atoms with Gasteiger partial charge in [0.15, 0.2) is 0 Å².